The van der Waals surface area contributed by atoms with Crippen LogP contribution in [0.1, 0.15) is 5.56 Å². The Hall–Kier alpha value is -5.59. The number of carbonyl (C=O) groups is 3. The minimum Gasteiger partial charge on any atom is -0.497 e. The summed E-state index contributed by atoms with van der Waals surface area (Å²) in [6.07, 6.45) is 1.17. The number of benzene rings is 3. The third-order valence-corrected chi connectivity index (χ3v) is 5.22. The van der Waals surface area contributed by atoms with Gasteiger partial charge in [-0.2, -0.15) is 0 Å². The summed E-state index contributed by atoms with van der Waals surface area (Å²) < 4.78 is 10.7. The molecule has 37 heavy (non-hydrogen) atoms. The zero-order valence-corrected chi connectivity index (χ0v) is 18.9. The number of carbonyl (C=O) groups excluding carboxylic acids is 3. The van der Waals surface area contributed by atoms with Crippen LogP contribution in [0.3, 0.4) is 0 Å². The molecule has 0 bridgehead atoms. The third kappa shape index (κ3) is 4.95. The van der Waals surface area contributed by atoms with Gasteiger partial charge in [-0.15, -0.1) is 0 Å². The second-order valence-electron chi connectivity index (χ2n) is 7.46. The number of methoxy groups -OCH3 is 1. The number of barbiturate groups is 1. The highest BCUT2D eigenvalue weighted by Gasteiger charge is 2.37. The van der Waals surface area contributed by atoms with Gasteiger partial charge >= 0.3 is 11.7 Å². The number of amides is 4. The van der Waals surface area contributed by atoms with Crippen LogP contribution in [0.5, 0.6) is 17.2 Å². The summed E-state index contributed by atoms with van der Waals surface area (Å²) in [5, 5.41) is 24.6. The number of anilines is 1. The second-order valence-corrected chi connectivity index (χ2v) is 7.46. The average molecular weight is 504 g/mol. The molecule has 13 nitrogen and oxygen atoms in total. The van der Waals surface area contributed by atoms with Gasteiger partial charge in [0.15, 0.2) is 0 Å². The summed E-state index contributed by atoms with van der Waals surface area (Å²) in [5.41, 5.74) is -1.18. The van der Waals surface area contributed by atoms with E-state index in [0.717, 1.165) is 23.1 Å². The summed E-state index contributed by atoms with van der Waals surface area (Å²) in [6, 6.07) is 14.0. The zero-order valence-electron chi connectivity index (χ0n) is 18.9. The second kappa shape index (κ2) is 9.95. The number of non-ortho nitro benzene ring substituents is 1. The Balaban J connectivity index is 1.71. The van der Waals surface area contributed by atoms with Crippen molar-refractivity contribution in [3.63, 3.8) is 0 Å². The van der Waals surface area contributed by atoms with Gasteiger partial charge in [-0.3, -0.25) is 35.1 Å². The van der Waals surface area contributed by atoms with Gasteiger partial charge in [0.05, 0.1) is 28.7 Å². The number of nitro groups is 2. The number of ether oxygens (including phenoxy) is 2. The summed E-state index contributed by atoms with van der Waals surface area (Å²) in [6.45, 7) is 0. The molecule has 1 N–H and O–H groups in total. The van der Waals surface area contributed by atoms with Crippen LogP contribution in [0, 0.1) is 20.2 Å². The maximum Gasteiger partial charge on any atom is 0.335 e. The first-order chi connectivity index (χ1) is 17.7. The van der Waals surface area contributed by atoms with Crippen molar-refractivity contribution in [2.75, 3.05) is 12.0 Å². The first-order valence-electron chi connectivity index (χ1n) is 10.4. The molecule has 1 fully saturated rings. The van der Waals surface area contributed by atoms with E-state index in [-0.39, 0.29) is 22.7 Å². The smallest absolute Gasteiger partial charge is 0.335 e. The number of nitrogens with zero attached hydrogens (tertiary/aromatic N) is 3. The van der Waals surface area contributed by atoms with Crippen LogP contribution < -0.4 is 19.7 Å². The maximum absolute atomic E-state index is 13.2. The minimum absolute atomic E-state index is 0.0143. The van der Waals surface area contributed by atoms with E-state index < -0.39 is 44.6 Å². The van der Waals surface area contributed by atoms with Crippen molar-refractivity contribution in [1.29, 1.82) is 0 Å². The molecule has 1 aliphatic rings. The Kier molecular flexibility index (Phi) is 6.60. The molecule has 0 radical (unpaired) electrons. The van der Waals surface area contributed by atoms with Gasteiger partial charge in [0.25, 0.3) is 17.5 Å². The molecule has 4 amide bonds. The lowest BCUT2D eigenvalue weighted by atomic mass is 10.1. The van der Waals surface area contributed by atoms with Crippen molar-refractivity contribution in [3.8, 4) is 17.2 Å². The van der Waals surface area contributed by atoms with Crippen molar-refractivity contribution in [3.05, 3.63) is 98.1 Å². The molecule has 1 heterocycles. The van der Waals surface area contributed by atoms with E-state index >= 15 is 0 Å². The number of nitrogens with one attached hydrogen (secondary N) is 1. The van der Waals surface area contributed by atoms with Crippen molar-refractivity contribution < 1.29 is 33.7 Å². The topological polar surface area (TPSA) is 171 Å². The molecule has 4 rings (SSSR count). The molecule has 0 atom stereocenters. The molecule has 0 saturated carbocycles. The summed E-state index contributed by atoms with van der Waals surface area (Å²) >= 11 is 0. The number of imide groups is 2. The van der Waals surface area contributed by atoms with Gasteiger partial charge in [-0.25, -0.2) is 9.69 Å². The van der Waals surface area contributed by atoms with E-state index in [0.29, 0.717) is 5.75 Å². The normalized spacial score (nSPS) is 14.4. The van der Waals surface area contributed by atoms with E-state index in [2.05, 4.69) is 5.32 Å². The van der Waals surface area contributed by atoms with Crippen molar-refractivity contribution in [1.82, 2.24) is 5.32 Å². The van der Waals surface area contributed by atoms with Crippen molar-refractivity contribution in [2.45, 2.75) is 0 Å². The molecule has 3 aromatic rings. The fourth-order valence-corrected chi connectivity index (χ4v) is 3.44. The first-order valence-corrected chi connectivity index (χ1v) is 10.4. The molecule has 0 spiro atoms. The predicted molar refractivity (Wildman–Crippen MR) is 128 cm³/mol. The maximum atomic E-state index is 13.2. The Labute approximate surface area is 207 Å². The summed E-state index contributed by atoms with van der Waals surface area (Å²) in [4.78, 5) is 59.8. The number of rotatable bonds is 7. The quantitative estimate of drug-likeness (QED) is 0.216. The number of para-hydroxylation sites is 1. The van der Waals surface area contributed by atoms with Gasteiger partial charge in [0.2, 0.25) is 5.75 Å². The minimum atomic E-state index is -0.948. The van der Waals surface area contributed by atoms with Crippen LogP contribution in [-0.4, -0.2) is 34.8 Å². The lowest BCUT2D eigenvalue weighted by Crippen LogP contribution is -2.54. The van der Waals surface area contributed by atoms with Crippen molar-refractivity contribution >= 4 is 41.0 Å². The number of urea groups is 1. The van der Waals surface area contributed by atoms with Crippen LogP contribution in [0.25, 0.3) is 6.08 Å². The van der Waals surface area contributed by atoms with Crippen LogP contribution >= 0.6 is 0 Å². The summed E-state index contributed by atoms with van der Waals surface area (Å²) in [7, 11) is 1.46. The number of nitro benzene ring substituents is 2. The largest absolute Gasteiger partial charge is 0.497 e. The third-order valence-electron chi connectivity index (χ3n) is 5.22. The van der Waals surface area contributed by atoms with E-state index in [1.165, 1.54) is 49.6 Å². The van der Waals surface area contributed by atoms with Gasteiger partial charge in [-0.1, -0.05) is 18.2 Å². The van der Waals surface area contributed by atoms with E-state index in [4.69, 9.17) is 9.47 Å². The van der Waals surface area contributed by atoms with E-state index in [1.807, 2.05) is 0 Å². The van der Waals surface area contributed by atoms with Crippen LogP contribution in [0.2, 0.25) is 0 Å². The number of hydrogen-bond donors (Lipinski definition) is 1. The molecule has 13 heteroatoms. The van der Waals surface area contributed by atoms with Gasteiger partial charge in [-0.05, 0) is 42.5 Å². The molecule has 186 valence electrons. The Bertz CT molecular complexity index is 1480. The monoisotopic (exact) mass is 504 g/mol. The van der Waals surface area contributed by atoms with Crippen molar-refractivity contribution in [2.24, 2.45) is 0 Å². The fourth-order valence-electron chi connectivity index (χ4n) is 3.44. The Morgan fingerprint density at radius 1 is 0.892 bits per heavy atom. The molecule has 1 saturated heterocycles. The highest BCUT2D eigenvalue weighted by molar-refractivity contribution is 6.39. The Morgan fingerprint density at radius 3 is 2.24 bits per heavy atom. The lowest BCUT2D eigenvalue weighted by molar-refractivity contribution is -0.394. The first kappa shape index (κ1) is 24.5. The standard InChI is InChI=1S/C24H16N4O9/c1-36-17-9-6-15(7-10-17)26-23(30)18(22(29)25-24(26)31)12-14-4-2-3-5-20(14)37-21-11-8-16(27(32)33)13-19(21)28(34)35/h2-13H,1H3,(H,25,29,31)/b18-12+. The van der Waals surface area contributed by atoms with Crippen LogP contribution in [0.4, 0.5) is 21.9 Å². The van der Waals surface area contributed by atoms with Gasteiger partial charge in [0.1, 0.15) is 17.1 Å². The molecule has 0 aliphatic carbocycles. The zero-order chi connectivity index (χ0) is 26.7. The number of hydrogen-bond acceptors (Lipinski definition) is 9. The lowest BCUT2D eigenvalue weighted by Gasteiger charge is -2.26. The molecular weight excluding hydrogens is 488 g/mol. The highest BCUT2D eigenvalue weighted by Crippen LogP contribution is 2.36. The van der Waals surface area contributed by atoms with Gasteiger partial charge in [0, 0.05) is 11.6 Å². The molecule has 0 aromatic heterocycles. The SMILES string of the molecule is COc1ccc(N2C(=O)NC(=O)/C(=C\c3ccccc3Oc3ccc([N+](=O)[O-])cc3[N+](=O)[O-])C2=O)cc1. The predicted octanol–water partition coefficient (Wildman–Crippen LogP) is 3.97. The van der Waals surface area contributed by atoms with Gasteiger partial charge < -0.3 is 9.47 Å². The highest BCUT2D eigenvalue weighted by atomic mass is 16.6. The van der Waals surface area contributed by atoms with Crippen LogP contribution in [-0.2, 0) is 9.59 Å². The molecule has 3 aromatic carbocycles. The van der Waals surface area contributed by atoms with E-state index in [9.17, 15) is 34.6 Å². The average Bonchev–Trinajstić information content (AvgIpc) is 2.87. The summed E-state index contributed by atoms with van der Waals surface area (Å²) in [5.74, 6) is -1.64. The van der Waals surface area contributed by atoms with E-state index in [1.54, 1.807) is 12.1 Å². The molecular formula is C24H16N4O9. The molecule has 0 unspecified atom stereocenters. The fraction of sp³-hybridized carbons (Fsp3) is 0.0417. The molecule has 1 aliphatic heterocycles. The van der Waals surface area contributed by atoms with Crippen LogP contribution in [0.15, 0.2) is 72.3 Å². The Morgan fingerprint density at radius 2 is 1.59 bits per heavy atom.